The quantitative estimate of drug-likeness (QED) is 0.865. The molecule has 6 heteroatoms. The van der Waals surface area contributed by atoms with E-state index < -0.39 is 0 Å². The molecular formula is C9H6BrClN2OS. The number of anilines is 1. The van der Waals surface area contributed by atoms with Gasteiger partial charge in [-0.1, -0.05) is 27.5 Å². The molecule has 0 atom stereocenters. The number of hydrogen-bond acceptors (Lipinski definition) is 3. The van der Waals surface area contributed by atoms with Gasteiger partial charge in [0.05, 0.1) is 10.0 Å². The van der Waals surface area contributed by atoms with Crippen molar-refractivity contribution in [3.63, 3.8) is 0 Å². The van der Waals surface area contributed by atoms with E-state index in [0.29, 0.717) is 10.8 Å². The highest BCUT2D eigenvalue weighted by atomic mass is 79.9. The predicted molar refractivity (Wildman–Crippen MR) is 67.1 cm³/mol. The normalized spacial score (nSPS) is 10.5. The molecule has 0 unspecified atom stereocenters. The minimum absolute atomic E-state index is 0.123. The number of carbonyl (C=O) groups is 1. The van der Waals surface area contributed by atoms with Crippen LogP contribution in [0.15, 0.2) is 18.2 Å². The Morgan fingerprint density at radius 2 is 2.40 bits per heavy atom. The largest absolute Gasteiger partial charge is 0.309 e. The summed E-state index contributed by atoms with van der Waals surface area (Å²) in [6, 6.07) is 5.49. The Balaban J connectivity index is 2.43. The van der Waals surface area contributed by atoms with Gasteiger partial charge in [-0.3, -0.25) is 4.79 Å². The Hall–Kier alpha value is -0.650. The summed E-state index contributed by atoms with van der Waals surface area (Å²) in [5.41, 5.74) is 0. The summed E-state index contributed by atoms with van der Waals surface area (Å²) >= 11 is 10.3. The standard InChI is InChI=1S/C9H6BrClN2OS/c10-4-8(14)12-9-6-3-5(11)1-2-7(6)15-13-9/h1-3H,4H2,(H,12,13,14). The van der Waals surface area contributed by atoms with Crippen molar-refractivity contribution in [2.24, 2.45) is 0 Å². The summed E-state index contributed by atoms with van der Waals surface area (Å²) in [7, 11) is 0. The first kappa shape index (κ1) is 10.9. The first-order chi connectivity index (χ1) is 7.20. The minimum Gasteiger partial charge on any atom is -0.309 e. The average molecular weight is 306 g/mol. The zero-order chi connectivity index (χ0) is 10.8. The van der Waals surface area contributed by atoms with E-state index in [4.69, 9.17) is 11.6 Å². The van der Waals surface area contributed by atoms with Crippen molar-refractivity contribution < 1.29 is 4.79 Å². The monoisotopic (exact) mass is 304 g/mol. The fraction of sp³-hybridized carbons (Fsp3) is 0.111. The predicted octanol–water partition coefficient (Wildman–Crippen LogP) is 3.28. The molecule has 0 radical (unpaired) electrons. The number of fused-ring (bicyclic) bond motifs is 1. The lowest BCUT2D eigenvalue weighted by molar-refractivity contribution is -0.113. The molecule has 0 fully saturated rings. The zero-order valence-corrected chi connectivity index (χ0v) is 10.6. The number of nitrogens with one attached hydrogen (secondary N) is 1. The first-order valence-electron chi connectivity index (χ1n) is 4.11. The van der Waals surface area contributed by atoms with E-state index in [0.717, 1.165) is 10.1 Å². The van der Waals surface area contributed by atoms with Gasteiger partial charge in [0.2, 0.25) is 5.91 Å². The number of hydrogen-bond donors (Lipinski definition) is 1. The zero-order valence-electron chi connectivity index (χ0n) is 7.46. The van der Waals surface area contributed by atoms with Gasteiger partial charge in [-0.15, -0.1) is 0 Å². The van der Waals surface area contributed by atoms with Crippen molar-refractivity contribution in [2.45, 2.75) is 0 Å². The summed E-state index contributed by atoms with van der Waals surface area (Å²) in [6.45, 7) is 0. The second kappa shape index (κ2) is 4.47. The lowest BCUT2D eigenvalue weighted by Crippen LogP contribution is -2.12. The molecule has 2 rings (SSSR count). The van der Waals surface area contributed by atoms with Crippen LogP contribution in [0.2, 0.25) is 5.02 Å². The van der Waals surface area contributed by atoms with E-state index in [-0.39, 0.29) is 11.2 Å². The summed E-state index contributed by atoms with van der Waals surface area (Å²) in [6.07, 6.45) is 0. The van der Waals surface area contributed by atoms with E-state index in [1.807, 2.05) is 6.07 Å². The molecule has 78 valence electrons. The molecular weight excluding hydrogens is 300 g/mol. The van der Waals surface area contributed by atoms with Crippen LogP contribution in [0.1, 0.15) is 0 Å². The maximum atomic E-state index is 11.2. The number of nitrogens with zero attached hydrogens (tertiary/aromatic N) is 1. The third kappa shape index (κ3) is 2.30. The molecule has 1 aromatic carbocycles. The van der Waals surface area contributed by atoms with E-state index in [1.54, 1.807) is 12.1 Å². The van der Waals surface area contributed by atoms with Crippen LogP contribution in [0.25, 0.3) is 10.1 Å². The molecule has 15 heavy (non-hydrogen) atoms. The minimum atomic E-state index is -0.123. The van der Waals surface area contributed by atoms with Crippen LogP contribution in [0, 0.1) is 0 Å². The summed E-state index contributed by atoms with van der Waals surface area (Å²) < 4.78 is 5.16. The molecule has 0 aliphatic rings. The van der Waals surface area contributed by atoms with Gasteiger partial charge < -0.3 is 5.32 Å². The second-order valence-electron chi connectivity index (χ2n) is 2.85. The van der Waals surface area contributed by atoms with Gasteiger partial charge in [0.1, 0.15) is 0 Å². The number of aromatic nitrogens is 1. The maximum absolute atomic E-state index is 11.2. The molecule has 0 aliphatic heterocycles. The number of carbonyl (C=O) groups excluding carboxylic acids is 1. The van der Waals surface area contributed by atoms with Crippen LogP contribution in [-0.4, -0.2) is 15.6 Å². The van der Waals surface area contributed by atoms with Crippen LogP contribution in [0.3, 0.4) is 0 Å². The summed E-state index contributed by atoms with van der Waals surface area (Å²) in [5.74, 6) is 0.448. The molecule has 2 aromatic rings. The molecule has 1 amide bonds. The number of benzene rings is 1. The van der Waals surface area contributed by atoms with Gasteiger partial charge in [-0.25, -0.2) is 0 Å². The number of halogens is 2. The van der Waals surface area contributed by atoms with Crippen molar-refractivity contribution in [1.29, 1.82) is 0 Å². The van der Waals surface area contributed by atoms with Gasteiger partial charge in [-0.05, 0) is 29.7 Å². The lowest BCUT2D eigenvalue weighted by atomic mass is 10.2. The van der Waals surface area contributed by atoms with Crippen LogP contribution in [0.5, 0.6) is 0 Å². The Morgan fingerprint density at radius 3 is 3.13 bits per heavy atom. The summed E-state index contributed by atoms with van der Waals surface area (Å²) in [4.78, 5) is 11.2. The number of alkyl halides is 1. The van der Waals surface area contributed by atoms with E-state index in [9.17, 15) is 4.79 Å². The van der Waals surface area contributed by atoms with Crippen LogP contribution in [0.4, 0.5) is 5.82 Å². The van der Waals surface area contributed by atoms with Crippen LogP contribution >= 0.6 is 39.1 Å². The highest BCUT2D eigenvalue weighted by Crippen LogP contribution is 2.29. The average Bonchev–Trinajstić information content (AvgIpc) is 2.61. The van der Waals surface area contributed by atoms with E-state index in [2.05, 4.69) is 25.6 Å². The molecule has 1 aromatic heterocycles. The SMILES string of the molecule is O=C(CBr)Nc1nsc2ccc(Cl)cc12. The van der Waals surface area contributed by atoms with Crippen LogP contribution in [-0.2, 0) is 4.79 Å². The number of rotatable bonds is 2. The highest BCUT2D eigenvalue weighted by molar-refractivity contribution is 9.09. The Kier molecular flexibility index (Phi) is 3.23. The Bertz CT molecular complexity index is 514. The molecule has 1 N–H and O–H groups in total. The van der Waals surface area contributed by atoms with Gasteiger partial charge >= 0.3 is 0 Å². The van der Waals surface area contributed by atoms with Gasteiger partial charge in [0, 0.05) is 10.4 Å². The van der Waals surface area contributed by atoms with Gasteiger partial charge in [-0.2, -0.15) is 4.37 Å². The second-order valence-corrected chi connectivity index (χ2v) is 4.66. The maximum Gasteiger partial charge on any atom is 0.236 e. The third-order valence-corrected chi connectivity index (χ3v) is 3.38. The summed E-state index contributed by atoms with van der Waals surface area (Å²) in [5, 5.41) is 4.47. The van der Waals surface area contributed by atoms with Crippen molar-refractivity contribution in [2.75, 3.05) is 10.6 Å². The molecule has 1 heterocycles. The fourth-order valence-electron chi connectivity index (χ4n) is 1.17. The molecule has 0 spiro atoms. The van der Waals surface area contributed by atoms with Crippen molar-refractivity contribution in [3.05, 3.63) is 23.2 Å². The van der Waals surface area contributed by atoms with Crippen LogP contribution < -0.4 is 5.32 Å². The topological polar surface area (TPSA) is 42.0 Å². The number of amides is 1. The van der Waals surface area contributed by atoms with Crippen molar-refractivity contribution in [3.8, 4) is 0 Å². The van der Waals surface area contributed by atoms with Crippen molar-refractivity contribution >= 4 is 60.9 Å². The van der Waals surface area contributed by atoms with E-state index >= 15 is 0 Å². The molecule has 0 saturated carbocycles. The molecule has 0 saturated heterocycles. The Labute approximate surface area is 104 Å². The fourth-order valence-corrected chi connectivity index (χ4v) is 2.20. The Morgan fingerprint density at radius 1 is 1.60 bits per heavy atom. The molecule has 0 bridgehead atoms. The van der Waals surface area contributed by atoms with Gasteiger partial charge in [0.25, 0.3) is 0 Å². The third-order valence-electron chi connectivity index (χ3n) is 1.81. The molecule has 3 nitrogen and oxygen atoms in total. The van der Waals surface area contributed by atoms with Crippen molar-refractivity contribution in [1.82, 2.24) is 4.37 Å². The van der Waals surface area contributed by atoms with Gasteiger partial charge in [0.15, 0.2) is 5.82 Å². The lowest BCUT2D eigenvalue weighted by Gasteiger charge is -1.98. The molecule has 0 aliphatic carbocycles. The smallest absolute Gasteiger partial charge is 0.236 e. The van der Waals surface area contributed by atoms with E-state index in [1.165, 1.54) is 11.5 Å². The first-order valence-corrected chi connectivity index (χ1v) is 6.39. The highest BCUT2D eigenvalue weighted by Gasteiger charge is 2.08.